The summed E-state index contributed by atoms with van der Waals surface area (Å²) in [5.74, 6) is -1.10. The molecule has 1 radical (unpaired) electrons. The van der Waals surface area contributed by atoms with Crippen molar-refractivity contribution in [1.82, 2.24) is 5.32 Å². The van der Waals surface area contributed by atoms with Crippen molar-refractivity contribution in [1.29, 1.82) is 0 Å². The van der Waals surface area contributed by atoms with Crippen molar-refractivity contribution in [3.63, 3.8) is 0 Å². The van der Waals surface area contributed by atoms with E-state index in [2.05, 4.69) is 7.05 Å². The topological polar surface area (TPSA) is 29.1 Å². The van der Waals surface area contributed by atoms with Crippen molar-refractivity contribution in [3.8, 4) is 0 Å². The molecule has 4 heteroatoms. The molecule has 0 unspecified atom stereocenters. The van der Waals surface area contributed by atoms with Crippen LogP contribution in [-0.4, -0.2) is 12.3 Å². The Labute approximate surface area is 58.6 Å². The number of nitrogens with one attached hydrogen (secondary N) is 1. The van der Waals surface area contributed by atoms with Crippen molar-refractivity contribution in [2.75, 3.05) is 0 Å². The molecule has 0 aromatic heterocycles. The van der Waals surface area contributed by atoms with Crippen LogP contribution in [0.3, 0.4) is 0 Å². The quantitative estimate of drug-likeness (QED) is 0.643. The summed E-state index contributed by atoms with van der Waals surface area (Å²) in [7, 11) is 3.07. The van der Waals surface area contributed by atoms with Crippen molar-refractivity contribution in [2.45, 2.75) is 19.8 Å². The summed E-state index contributed by atoms with van der Waals surface area (Å²) in [5, 5.41) is 2.05. The SMILES string of the molecule is [CH2]NC(=O)[C@H](C)CC(F)F. The van der Waals surface area contributed by atoms with Crippen molar-refractivity contribution < 1.29 is 13.6 Å². The molecule has 0 bridgehead atoms. The largest absolute Gasteiger partial charge is 0.354 e. The van der Waals surface area contributed by atoms with Gasteiger partial charge in [0.1, 0.15) is 0 Å². The first-order valence-electron chi connectivity index (χ1n) is 2.93. The van der Waals surface area contributed by atoms with Crippen LogP contribution in [0.5, 0.6) is 0 Å². The smallest absolute Gasteiger partial charge is 0.239 e. The highest BCUT2D eigenvalue weighted by molar-refractivity contribution is 5.78. The van der Waals surface area contributed by atoms with Gasteiger partial charge in [-0.15, -0.1) is 0 Å². The lowest BCUT2D eigenvalue weighted by atomic mass is 10.1. The highest BCUT2D eigenvalue weighted by Gasteiger charge is 2.15. The molecule has 59 valence electrons. The Bertz CT molecular complexity index is 116. The Hall–Kier alpha value is -0.670. The zero-order valence-electron chi connectivity index (χ0n) is 5.73. The molecule has 2 nitrogen and oxygen atoms in total. The van der Waals surface area contributed by atoms with E-state index in [-0.39, 0.29) is 0 Å². The van der Waals surface area contributed by atoms with Crippen molar-refractivity contribution in [2.24, 2.45) is 5.92 Å². The van der Waals surface area contributed by atoms with Crippen LogP contribution in [0.25, 0.3) is 0 Å². The molecule has 0 fully saturated rings. The minimum atomic E-state index is -2.42. The average Bonchev–Trinajstić information content (AvgIpc) is 1.85. The summed E-state index contributed by atoms with van der Waals surface area (Å²) in [6.45, 7) is 1.44. The van der Waals surface area contributed by atoms with Crippen LogP contribution in [0.1, 0.15) is 13.3 Å². The van der Waals surface area contributed by atoms with Gasteiger partial charge >= 0.3 is 0 Å². The van der Waals surface area contributed by atoms with Gasteiger partial charge in [-0.1, -0.05) is 6.92 Å². The predicted octanol–water partition coefficient (Wildman–Crippen LogP) is 1.19. The first-order valence-corrected chi connectivity index (χ1v) is 2.93. The fraction of sp³-hybridized carbons (Fsp3) is 0.667. The van der Waals surface area contributed by atoms with E-state index < -0.39 is 24.7 Å². The van der Waals surface area contributed by atoms with E-state index in [1.54, 1.807) is 0 Å². The lowest BCUT2D eigenvalue weighted by molar-refractivity contribution is -0.124. The van der Waals surface area contributed by atoms with E-state index in [0.29, 0.717) is 0 Å². The minimum Gasteiger partial charge on any atom is -0.354 e. The maximum atomic E-state index is 11.6. The Morgan fingerprint density at radius 1 is 1.70 bits per heavy atom. The van der Waals surface area contributed by atoms with Crippen LogP contribution < -0.4 is 5.32 Å². The van der Waals surface area contributed by atoms with Crippen LogP contribution in [0.15, 0.2) is 0 Å². The third-order valence-corrected chi connectivity index (χ3v) is 1.15. The van der Waals surface area contributed by atoms with Crippen LogP contribution in [0.4, 0.5) is 8.78 Å². The molecule has 0 aliphatic rings. The fourth-order valence-electron chi connectivity index (χ4n) is 0.549. The van der Waals surface area contributed by atoms with Gasteiger partial charge in [0.15, 0.2) is 0 Å². The second kappa shape index (κ2) is 4.19. The molecule has 0 spiro atoms. The van der Waals surface area contributed by atoms with Crippen LogP contribution in [0, 0.1) is 13.0 Å². The molecule has 1 N–H and O–H groups in total. The third kappa shape index (κ3) is 3.37. The molecule has 0 heterocycles. The molecular formula is C6H10F2NO. The minimum absolute atomic E-state index is 0.401. The Balaban J connectivity index is 3.61. The molecular weight excluding hydrogens is 140 g/mol. The lowest BCUT2D eigenvalue weighted by Gasteiger charge is -2.07. The molecule has 0 saturated carbocycles. The maximum Gasteiger partial charge on any atom is 0.239 e. The Morgan fingerprint density at radius 3 is 2.50 bits per heavy atom. The number of carbonyl (C=O) groups excluding carboxylic acids is 1. The molecule has 0 aromatic carbocycles. The Morgan fingerprint density at radius 2 is 2.20 bits per heavy atom. The van der Waals surface area contributed by atoms with Gasteiger partial charge in [-0.3, -0.25) is 4.79 Å². The number of rotatable bonds is 3. The molecule has 0 rings (SSSR count). The van der Waals surface area contributed by atoms with E-state index in [9.17, 15) is 13.6 Å². The number of halogens is 2. The maximum absolute atomic E-state index is 11.6. The summed E-state index contributed by atoms with van der Waals surface area (Å²) in [4.78, 5) is 10.5. The molecule has 1 atom stereocenters. The van der Waals surface area contributed by atoms with Crippen molar-refractivity contribution >= 4 is 5.91 Å². The molecule has 0 aliphatic heterocycles. The number of alkyl halides is 2. The molecule has 0 aromatic rings. The molecule has 10 heavy (non-hydrogen) atoms. The van der Waals surface area contributed by atoms with E-state index in [1.165, 1.54) is 6.92 Å². The molecule has 1 amide bonds. The van der Waals surface area contributed by atoms with Gasteiger partial charge in [0.25, 0.3) is 0 Å². The summed E-state index contributed by atoms with van der Waals surface area (Å²) >= 11 is 0. The van der Waals surface area contributed by atoms with Crippen LogP contribution in [0.2, 0.25) is 0 Å². The van der Waals surface area contributed by atoms with Gasteiger partial charge in [0.2, 0.25) is 12.3 Å². The predicted molar refractivity (Wildman–Crippen MR) is 33.3 cm³/mol. The first kappa shape index (κ1) is 9.33. The van der Waals surface area contributed by atoms with Gasteiger partial charge in [-0.25, -0.2) is 8.78 Å². The van der Waals surface area contributed by atoms with E-state index in [4.69, 9.17) is 0 Å². The van der Waals surface area contributed by atoms with E-state index in [1.807, 2.05) is 5.32 Å². The molecule has 0 aliphatic carbocycles. The lowest BCUT2D eigenvalue weighted by Crippen LogP contribution is -2.25. The Kier molecular flexibility index (Phi) is 3.91. The highest BCUT2D eigenvalue weighted by atomic mass is 19.3. The summed E-state index contributed by atoms with van der Waals surface area (Å²) in [5.41, 5.74) is 0. The highest BCUT2D eigenvalue weighted by Crippen LogP contribution is 2.09. The fourth-order valence-corrected chi connectivity index (χ4v) is 0.549. The van der Waals surface area contributed by atoms with Crippen molar-refractivity contribution in [3.05, 3.63) is 7.05 Å². The normalized spacial score (nSPS) is 13.3. The third-order valence-electron chi connectivity index (χ3n) is 1.15. The van der Waals surface area contributed by atoms with Gasteiger partial charge in [0, 0.05) is 19.4 Å². The second-order valence-electron chi connectivity index (χ2n) is 2.07. The van der Waals surface area contributed by atoms with E-state index >= 15 is 0 Å². The van der Waals surface area contributed by atoms with E-state index in [0.717, 1.165) is 0 Å². The zero-order valence-corrected chi connectivity index (χ0v) is 5.73. The van der Waals surface area contributed by atoms with Gasteiger partial charge in [0.05, 0.1) is 0 Å². The number of hydrogen-bond acceptors (Lipinski definition) is 1. The first-order chi connectivity index (χ1) is 4.57. The number of amides is 1. The number of hydrogen-bond donors (Lipinski definition) is 1. The monoisotopic (exact) mass is 150 g/mol. The summed E-state index contributed by atoms with van der Waals surface area (Å²) < 4.78 is 23.2. The average molecular weight is 150 g/mol. The van der Waals surface area contributed by atoms with Gasteiger partial charge in [-0.05, 0) is 0 Å². The van der Waals surface area contributed by atoms with Crippen LogP contribution in [-0.2, 0) is 4.79 Å². The van der Waals surface area contributed by atoms with Crippen LogP contribution >= 0.6 is 0 Å². The summed E-state index contributed by atoms with van der Waals surface area (Å²) in [6.07, 6.45) is -2.83. The standard InChI is InChI=1S/C6H10F2NO/c1-4(3-5(7)8)6(10)9-2/h4-5H,2-3H2,1H3,(H,9,10)/t4-/m1/s1. The summed E-state index contributed by atoms with van der Waals surface area (Å²) in [6, 6.07) is 0. The van der Waals surface area contributed by atoms with Gasteiger partial charge in [-0.2, -0.15) is 0 Å². The second-order valence-corrected chi connectivity index (χ2v) is 2.07. The zero-order chi connectivity index (χ0) is 8.15. The number of carbonyl (C=O) groups is 1. The van der Waals surface area contributed by atoms with Gasteiger partial charge < -0.3 is 5.32 Å². The molecule has 0 saturated heterocycles.